The van der Waals surface area contributed by atoms with E-state index < -0.39 is 0 Å². The second-order valence-corrected chi connectivity index (χ2v) is 5.51. The Labute approximate surface area is 115 Å². The van der Waals surface area contributed by atoms with Crippen LogP contribution in [0.5, 0.6) is 11.5 Å². The van der Waals surface area contributed by atoms with Crippen LogP contribution in [0.2, 0.25) is 0 Å². The number of rotatable bonds is 5. The molecule has 4 nitrogen and oxygen atoms in total. The van der Waals surface area contributed by atoms with Gasteiger partial charge in [0.1, 0.15) is 11.5 Å². The molecular formula is C15H24N2O2. The molecule has 0 atom stereocenters. The van der Waals surface area contributed by atoms with E-state index in [9.17, 15) is 10.2 Å². The average molecular weight is 264 g/mol. The highest BCUT2D eigenvalue weighted by atomic mass is 16.3. The molecule has 0 aromatic heterocycles. The SMILES string of the molecule is CC1CCN(CCNCc2ccc(O)cc2O)CC1. The highest BCUT2D eigenvalue weighted by Gasteiger charge is 2.14. The van der Waals surface area contributed by atoms with Crippen molar-refractivity contribution in [3.8, 4) is 11.5 Å². The zero-order chi connectivity index (χ0) is 13.7. The number of piperidine rings is 1. The lowest BCUT2D eigenvalue weighted by atomic mass is 9.99. The van der Waals surface area contributed by atoms with Gasteiger partial charge in [0.15, 0.2) is 0 Å². The van der Waals surface area contributed by atoms with Crippen LogP contribution in [-0.4, -0.2) is 41.3 Å². The van der Waals surface area contributed by atoms with Crippen LogP contribution in [0.15, 0.2) is 18.2 Å². The van der Waals surface area contributed by atoms with Crippen molar-refractivity contribution in [1.82, 2.24) is 10.2 Å². The summed E-state index contributed by atoms with van der Waals surface area (Å²) in [6.07, 6.45) is 2.61. The number of likely N-dealkylation sites (tertiary alicyclic amines) is 1. The maximum atomic E-state index is 9.66. The van der Waals surface area contributed by atoms with E-state index in [2.05, 4.69) is 17.1 Å². The van der Waals surface area contributed by atoms with E-state index in [0.29, 0.717) is 6.54 Å². The summed E-state index contributed by atoms with van der Waals surface area (Å²) in [7, 11) is 0. The molecule has 1 heterocycles. The molecular weight excluding hydrogens is 240 g/mol. The van der Waals surface area contributed by atoms with Crippen molar-refractivity contribution in [2.45, 2.75) is 26.3 Å². The largest absolute Gasteiger partial charge is 0.508 e. The number of aromatic hydroxyl groups is 2. The highest BCUT2D eigenvalue weighted by Crippen LogP contribution is 2.22. The lowest BCUT2D eigenvalue weighted by Gasteiger charge is -2.30. The molecule has 2 rings (SSSR count). The lowest BCUT2D eigenvalue weighted by molar-refractivity contribution is 0.193. The van der Waals surface area contributed by atoms with Gasteiger partial charge in [0.25, 0.3) is 0 Å². The maximum Gasteiger partial charge on any atom is 0.123 e. The summed E-state index contributed by atoms with van der Waals surface area (Å²) in [5.74, 6) is 1.13. The minimum atomic E-state index is 0.101. The van der Waals surface area contributed by atoms with E-state index in [1.807, 2.05) is 0 Å². The molecule has 4 heteroatoms. The normalized spacial score (nSPS) is 17.7. The van der Waals surface area contributed by atoms with E-state index >= 15 is 0 Å². The summed E-state index contributed by atoms with van der Waals surface area (Å²) in [5, 5.41) is 22.2. The Balaban J connectivity index is 1.66. The summed E-state index contributed by atoms with van der Waals surface area (Å²) in [4.78, 5) is 2.49. The van der Waals surface area contributed by atoms with Gasteiger partial charge >= 0.3 is 0 Å². The van der Waals surface area contributed by atoms with E-state index in [0.717, 1.165) is 24.6 Å². The second-order valence-electron chi connectivity index (χ2n) is 5.51. The van der Waals surface area contributed by atoms with Gasteiger partial charge in [-0.2, -0.15) is 0 Å². The molecule has 1 aromatic rings. The monoisotopic (exact) mass is 264 g/mol. The van der Waals surface area contributed by atoms with Crippen LogP contribution in [0.1, 0.15) is 25.3 Å². The Morgan fingerprint density at radius 2 is 2.00 bits per heavy atom. The smallest absolute Gasteiger partial charge is 0.123 e. The van der Waals surface area contributed by atoms with Gasteiger partial charge in [-0.25, -0.2) is 0 Å². The molecule has 1 aromatic carbocycles. The van der Waals surface area contributed by atoms with Gasteiger partial charge in [0.2, 0.25) is 0 Å². The van der Waals surface area contributed by atoms with Crippen molar-refractivity contribution in [2.75, 3.05) is 26.2 Å². The molecule has 0 saturated carbocycles. The van der Waals surface area contributed by atoms with Crippen molar-refractivity contribution in [2.24, 2.45) is 5.92 Å². The van der Waals surface area contributed by atoms with Crippen LogP contribution < -0.4 is 5.32 Å². The van der Waals surface area contributed by atoms with Crippen LogP contribution in [0.3, 0.4) is 0 Å². The van der Waals surface area contributed by atoms with E-state index in [-0.39, 0.29) is 11.5 Å². The molecule has 19 heavy (non-hydrogen) atoms. The molecule has 0 spiro atoms. The van der Waals surface area contributed by atoms with E-state index in [1.165, 1.54) is 32.0 Å². The molecule has 0 unspecified atom stereocenters. The molecule has 1 saturated heterocycles. The topological polar surface area (TPSA) is 55.7 Å². The Morgan fingerprint density at radius 1 is 1.26 bits per heavy atom. The van der Waals surface area contributed by atoms with E-state index in [1.54, 1.807) is 12.1 Å². The second kappa shape index (κ2) is 6.78. The quantitative estimate of drug-likeness (QED) is 0.711. The van der Waals surface area contributed by atoms with Gasteiger partial charge in [-0.15, -0.1) is 0 Å². The third-order valence-electron chi connectivity index (χ3n) is 3.87. The van der Waals surface area contributed by atoms with Gasteiger partial charge in [-0.05, 0) is 37.9 Å². The fraction of sp³-hybridized carbons (Fsp3) is 0.600. The molecule has 3 N–H and O–H groups in total. The first-order valence-electron chi connectivity index (χ1n) is 7.09. The fourth-order valence-corrected chi connectivity index (χ4v) is 2.45. The number of hydrogen-bond acceptors (Lipinski definition) is 4. The highest BCUT2D eigenvalue weighted by molar-refractivity contribution is 5.38. The van der Waals surface area contributed by atoms with Crippen molar-refractivity contribution in [3.05, 3.63) is 23.8 Å². The fourth-order valence-electron chi connectivity index (χ4n) is 2.45. The number of hydrogen-bond donors (Lipinski definition) is 3. The van der Waals surface area contributed by atoms with Crippen molar-refractivity contribution in [1.29, 1.82) is 0 Å². The summed E-state index contributed by atoms with van der Waals surface area (Å²) in [5.41, 5.74) is 0.824. The summed E-state index contributed by atoms with van der Waals surface area (Å²) >= 11 is 0. The minimum Gasteiger partial charge on any atom is -0.508 e. The average Bonchev–Trinajstić information content (AvgIpc) is 2.39. The predicted octanol–water partition coefficient (Wildman–Crippen LogP) is 1.92. The number of nitrogens with zero attached hydrogens (tertiary/aromatic N) is 1. The number of nitrogens with one attached hydrogen (secondary N) is 1. The maximum absolute atomic E-state index is 9.66. The molecule has 0 bridgehead atoms. The van der Waals surface area contributed by atoms with Gasteiger partial charge in [-0.3, -0.25) is 0 Å². The standard InChI is InChI=1S/C15H24N2O2/c1-12-4-7-17(8-5-12)9-6-16-11-13-2-3-14(18)10-15(13)19/h2-3,10,12,16,18-19H,4-9,11H2,1H3. The van der Waals surface area contributed by atoms with E-state index in [4.69, 9.17) is 0 Å². The molecule has 1 fully saturated rings. The van der Waals surface area contributed by atoms with Crippen molar-refractivity contribution in [3.63, 3.8) is 0 Å². The lowest BCUT2D eigenvalue weighted by Crippen LogP contribution is -2.37. The molecule has 1 aliphatic rings. The van der Waals surface area contributed by atoms with Crippen molar-refractivity contribution < 1.29 is 10.2 Å². The van der Waals surface area contributed by atoms with Crippen LogP contribution >= 0.6 is 0 Å². The van der Waals surface area contributed by atoms with Crippen LogP contribution in [-0.2, 0) is 6.54 Å². The first kappa shape index (κ1) is 14.2. The minimum absolute atomic E-state index is 0.101. The number of phenols is 2. The Bertz CT molecular complexity index is 401. The van der Waals surface area contributed by atoms with Gasteiger partial charge < -0.3 is 20.4 Å². The first-order valence-corrected chi connectivity index (χ1v) is 7.09. The van der Waals surface area contributed by atoms with Crippen LogP contribution in [0.4, 0.5) is 0 Å². The first-order chi connectivity index (χ1) is 9.15. The molecule has 0 amide bonds. The Hall–Kier alpha value is -1.26. The third kappa shape index (κ3) is 4.40. The zero-order valence-corrected chi connectivity index (χ0v) is 11.6. The third-order valence-corrected chi connectivity index (χ3v) is 3.87. The summed E-state index contributed by atoms with van der Waals surface area (Å²) in [6, 6.07) is 4.73. The number of benzene rings is 1. The van der Waals surface area contributed by atoms with Crippen LogP contribution in [0, 0.1) is 5.92 Å². The van der Waals surface area contributed by atoms with Crippen molar-refractivity contribution >= 4 is 0 Å². The van der Waals surface area contributed by atoms with Gasteiger partial charge in [-0.1, -0.05) is 13.0 Å². The number of phenolic OH excluding ortho intramolecular Hbond substituents is 2. The van der Waals surface area contributed by atoms with Gasteiger partial charge in [0, 0.05) is 31.3 Å². The van der Waals surface area contributed by atoms with Crippen LogP contribution in [0.25, 0.3) is 0 Å². The van der Waals surface area contributed by atoms with Gasteiger partial charge in [0.05, 0.1) is 0 Å². The molecule has 106 valence electrons. The zero-order valence-electron chi connectivity index (χ0n) is 11.6. The predicted molar refractivity (Wildman–Crippen MR) is 76.3 cm³/mol. The summed E-state index contributed by atoms with van der Waals surface area (Å²) in [6.45, 7) is 7.35. The summed E-state index contributed by atoms with van der Waals surface area (Å²) < 4.78 is 0. The Kier molecular flexibility index (Phi) is 5.05. The Morgan fingerprint density at radius 3 is 2.68 bits per heavy atom. The molecule has 0 radical (unpaired) electrons. The molecule has 1 aliphatic heterocycles. The molecule has 0 aliphatic carbocycles.